The lowest BCUT2D eigenvalue weighted by Gasteiger charge is -2.21. The Bertz CT molecular complexity index is 537. The molecule has 0 aromatic carbocycles. The molecule has 1 unspecified atom stereocenters. The lowest BCUT2D eigenvalue weighted by atomic mass is 9.87. The van der Waals surface area contributed by atoms with Crippen LogP contribution in [-0.2, 0) is 16.6 Å². The predicted octanol–water partition coefficient (Wildman–Crippen LogP) is 0.883. The minimum atomic E-state index is -0.434. The number of hydrogen-bond acceptors (Lipinski definition) is 4. The van der Waals surface area contributed by atoms with Gasteiger partial charge in [-0.2, -0.15) is 5.10 Å². The number of carbonyl (C=O) groups is 2. The van der Waals surface area contributed by atoms with Gasteiger partial charge in [0.1, 0.15) is 6.04 Å². The first kappa shape index (κ1) is 18.4. The smallest absolute Gasteiger partial charge is 0.241 e. The molecule has 0 aliphatic heterocycles. The number of likely N-dealkylation sites (N-methyl/N-ethyl adjacent to an activating group) is 1. The first-order chi connectivity index (χ1) is 11.6. The molecule has 7 heteroatoms. The summed E-state index contributed by atoms with van der Waals surface area (Å²) < 4.78 is 1.67. The molecule has 1 aromatic heterocycles. The van der Waals surface area contributed by atoms with Crippen LogP contribution in [0.2, 0.25) is 0 Å². The van der Waals surface area contributed by atoms with Crippen molar-refractivity contribution >= 4 is 11.8 Å². The molecular weight excluding hydrogens is 306 g/mol. The molecule has 1 aliphatic carbocycles. The zero-order valence-electron chi connectivity index (χ0n) is 14.7. The normalized spacial score (nSPS) is 16.6. The van der Waals surface area contributed by atoms with E-state index in [1.54, 1.807) is 17.9 Å². The van der Waals surface area contributed by atoms with Crippen LogP contribution in [0.3, 0.4) is 0 Å². The van der Waals surface area contributed by atoms with Gasteiger partial charge in [-0.15, -0.1) is 0 Å². The fourth-order valence-corrected chi connectivity index (χ4v) is 3.25. The zero-order chi connectivity index (χ0) is 17.4. The van der Waals surface area contributed by atoms with Crippen molar-refractivity contribution < 1.29 is 9.59 Å². The SMILES string of the molecule is CNC(C(=O)NCCNC(=O)CC1CCCCC1)c1cnn(C)c1. The number of nitrogens with one attached hydrogen (secondary N) is 3. The fourth-order valence-electron chi connectivity index (χ4n) is 3.25. The van der Waals surface area contributed by atoms with Crippen molar-refractivity contribution in [2.24, 2.45) is 13.0 Å². The molecule has 7 nitrogen and oxygen atoms in total. The highest BCUT2D eigenvalue weighted by Crippen LogP contribution is 2.25. The molecule has 1 heterocycles. The van der Waals surface area contributed by atoms with Crippen LogP contribution in [0.5, 0.6) is 0 Å². The summed E-state index contributed by atoms with van der Waals surface area (Å²) in [6.07, 6.45) is 10.2. The van der Waals surface area contributed by atoms with Gasteiger partial charge in [-0.3, -0.25) is 14.3 Å². The molecule has 0 saturated heterocycles. The molecule has 1 atom stereocenters. The van der Waals surface area contributed by atoms with Crippen LogP contribution in [0, 0.1) is 5.92 Å². The molecule has 2 amide bonds. The lowest BCUT2D eigenvalue weighted by molar-refractivity contribution is -0.124. The van der Waals surface area contributed by atoms with Crippen molar-refractivity contribution in [2.45, 2.75) is 44.6 Å². The second-order valence-electron chi connectivity index (χ2n) is 6.52. The van der Waals surface area contributed by atoms with E-state index < -0.39 is 6.04 Å². The Balaban J connectivity index is 1.65. The number of nitrogens with zero attached hydrogens (tertiary/aromatic N) is 2. The molecule has 1 fully saturated rings. The van der Waals surface area contributed by atoms with Crippen LogP contribution in [-0.4, -0.2) is 41.7 Å². The fraction of sp³-hybridized carbons (Fsp3) is 0.706. The highest BCUT2D eigenvalue weighted by atomic mass is 16.2. The minimum absolute atomic E-state index is 0.0913. The molecule has 1 saturated carbocycles. The van der Waals surface area contributed by atoms with Gasteiger partial charge >= 0.3 is 0 Å². The molecule has 134 valence electrons. The van der Waals surface area contributed by atoms with Gasteiger partial charge < -0.3 is 16.0 Å². The summed E-state index contributed by atoms with van der Waals surface area (Å²) in [5, 5.41) is 12.8. The van der Waals surface area contributed by atoms with E-state index in [0.29, 0.717) is 25.4 Å². The second kappa shape index (κ2) is 9.42. The number of aromatic nitrogens is 2. The number of rotatable bonds is 8. The molecule has 3 N–H and O–H groups in total. The molecule has 1 aromatic rings. The van der Waals surface area contributed by atoms with Gasteiger partial charge in [-0.1, -0.05) is 19.3 Å². The lowest BCUT2D eigenvalue weighted by Crippen LogP contribution is -2.40. The first-order valence-corrected chi connectivity index (χ1v) is 8.80. The second-order valence-corrected chi connectivity index (χ2v) is 6.52. The first-order valence-electron chi connectivity index (χ1n) is 8.80. The van der Waals surface area contributed by atoms with E-state index >= 15 is 0 Å². The van der Waals surface area contributed by atoms with Gasteiger partial charge in [-0.25, -0.2) is 0 Å². The van der Waals surface area contributed by atoms with E-state index in [1.807, 2.05) is 13.2 Å². The van der Waals surface area contributed by atoms with Gasteiger partial charge in [0.15, 0.2) is 0 Å². The Kier molecular flexibility index (Phi) is 7.24. The van der Waals surface area contributed by atoms with E-state index in [0.717, 1.165) is 5.56 Å². The van der Waals surface area contributed by atoms with Gasteiger partial charge in [0, 0.05) is 38.3 Å². The van der Waals surface area contributed by atoms with Crippen molar-refractivity contribution in [1.82, 2.24) is 25.7 Å². The van der Waals surface area contributed by atoms with Crippen LogP contribution in [0.1, 0.15) is 50.1 Å². The largest absolute Gasteiger partial charge is 0.354 e. The van der Waals surface area contributed by atoms with Crippen LogP contribution < -0.4 is 16.0 Å². The summed E-state index contributed by atoms with van der Waals surface area (Å²) in [6.45, 7) is 0.883. The van der Waals surface area contributed by atoms with Crippen LogP contribution >= 0.6 is 0 Å². The quantitative estimate of drug-likeness (QED) is 0.616. The number of aryl methyl sites for hydroxylation is 1. The Morgan fingerprint density at radius 1 is 1.25 bits per heavy atom. The average Bonchev–Trinajstić information content (AvgIpc) is 2.99. The summed E-state index contributed by atoms with van der Waals surface area (Å²) >= 11 is 0. The molecule has 0 spiro atoms. The Labute approximate surface area is 143 Å². The highest BCUT2D eigenvalue weighted by Gasteiger charge is 2.20. The maximum Gasteiger partial charge on any atom is 0.241 e. The molecule has 2 rings (SSSR count). The van der Waals surface area contributed by atoms with Crippen molar-refractivity contribution in [3.63, 3.8) is 0 Å². The van der Waals surface area contributed by atoms with Crippen LogP contribution in [0.15, 0.2) is 12.4 Å². The van der Waals surface area contributed by atoms with Gasteiger partial charge in [0.25, 0.3) is 0 Å². The van der Waals surface area contributed by atoms with Crippen molar-refractivity contribution in [3.8, 4) is 0 Å². The topological polar surface area (TPSA) is 88.1 Å². The van der Waals surface area contributed by atoms with Crippen molar-refractivity contribution in [2.75, 3.05) is 20.1 Å². The third-order valence-corrected chi connectivity index (χ3v) is 4.55. The van der Waals surface area contributed by atoms with E-state index in [9.17, 15) is 9.59 Å². The molecule has 1 aliphatic rings. The number of carbonyl (C=O) groups excluding carboxylic acids is 2. The standard InChI is InChI=1S/C17H29N5O2/c1-18-16(14-11-21-22(2)12-14)17(24)20-9-8-19-15(23)10-13-6-4-3-5-7-13/h11-13,16,18H,3-10H2,1-2H3,(H,19,23)(H,20,24). The van der Waals surface area contributed by atoms with Gasteiger partial charge in [0.05, 0.1) is 6.20 Å². The summed E-state index contributed by atoms with van der Waals surface area (Å²) in [5.41, 5.74) is 0.818. The Hall–Kier alpha value is -1.89. The minimum Gasteiger partial charge on any atom is -0.354 e. The summed E-state index contributed by atoms with van der Waals surface area (Å²) in [4.78, 5) is 24.1. The maximum atomic E-state index is 12.2. The summed E-state index contributed by atoms with van der Waals surface area (Å²) in [7, 11) is 3.55. The Morgan fingerprint density at radius 2 is 1.96 bits per heavy atom. The van der Waals surface area contributed by atoms with E-state index in [4.69, 9.17) is 0 Å². The molecular formula is C17H29N5O2. The van der Waals surface area contributed by atoms with Crippen molar-refractivity contribution in [3.05, 3.63) is 18.0 Å². The van der Waals surface area contributed by atoms with E-state index in [1.165, 1.54) is 32.1 Å². The number of amides is 2. The molecule has 0 radical (unpaired) electrons. The van der Waals surface area contributed by atoms with Gasteiger partial charge in [0.2, 0.25) is 11.8 Å². The summed E-state index contributed by atoms with van der Waals surface area (Å²) in [6, 6.07) is -0.434. The zero-order valence-corrected chi connectivity index (χ0v) is 14.7. The highest BCUT2D eigenvalue weighted by molar-refractivity contribution is 5.83. The van der Waals surface area contributed by atoms with E-state index in [-0.39, 0.29) is 11.8 Å². The number of hydrogen-bond donors (Lipinski definition) is 3. The predicted molar refractivity (Wildman–Crippen MR) is 92.2 cm³/mol. The molecule has 0 bridgehead atoms. The maximum absolute atomic E-state index is 12.2. The van der Waals surface area contributed by atoms with Crippen LogP contribution in [0.25, 0.3) is 0 Å². The molecule has 24 heavy (non-hydrogen) atoms. The van der Waals surface area contributed by atoms with Crippen molar-refractivity contribution in [1.29, 1.82) is 0 Å². The monoisotopic (exact) mass is 335 g/mol. The summed E-state index contributed by atoms with van der Waals surface area (Å²) in [5.74, 6) is 0.508. The third kappa shape index (κ3) is 5.63. The van der Waals surface area contributed by atoms with Crippen LogP contribution in [0.4, 0.5) is 0 Å². The van der Waals surface area contributed by atoms with Gasteiger partial charge in [-0.05, 0) is 25.8 Å². The third-order valence-electron chi connectivity index (χ3n) is 4.55. The van der Waals surface area contributed by atoms with E-state index in [2.05, 4.69) is 21.0 Å². The average molecular weight is 335 g/mol. The Morgan fingerprint density at radius 3 is 2.58 bits per heavy atom.